The fourth-order valence-electron chi connectivity index (χ4n) is 2.10. The molecule has 1 rings (SSSR count). The van der Waals surface area contributed by atoms with Crippen molar-refractivity contribution in [3.8, 4) is 0 Å². The van der Waals surface area contributed by atoms with Crippen LogP contribution in [0.1, 0.15) is 32.6 Å². The average Bonchev–Trinajstić information content (AvgIpc) is 2.76. The maximum Gasteiger partial charge on any atom is 0.0785 e. The summed E-state index contributed by atoms with van der Waals surface area (Å²) >= 11 is 0. The van der Waals surface area contributed by atoms with Gasteiger partial charge < -0.3 is 5.11 Å². The first kappa shape index (κ1) is 11.3. The molecule has 1 nitrogen and oxygen atoms in total. The smallest absolute Gasteiger partial charge is 0.0785 e. The van der Waals surface area contributed by atoms with Crippen LogP contribution in [0.2, 0.25) is 19.6 Å². The molecular formula is C11H24OSi. The van der Waals surface area contributed by atoms with Crippen molar-refractivity contribution in [3.63, 3.8) is 0 Å². The van der Waals surface area contributed by atoms with Gasteiger partial charge in [-0.25, -0.2) is 0 Å². The highest BCUT2D eigenvalue weighted by Crippen LogP contribution is 2.46. The van der Waals surface area contributed by atoms with Gasteiger partial charge in [0.2, 0.25) is 0 Å². The molecule has 3 atom stereocenters. The Morgan fingerprint density at radius 1 is 1.38 bits per heavy atom. The number of unbranched alkanes of at least 4 members (excludes halogenated alkanes) is 1. The van der Waals surface area contributed by atoms with Gasteiger partial charge in [-0.2, -0.15) is 0 Å². The molecule has 0 amide bonds. The second-order valence-corrected chi connectivity index (χ2v) is 10.9. The van der Waals surface area contributed by atoms with Crippen molar-refractivity contribution in [1.82, 2.24) is 0 Å². The zero-order valence-corrected chi connectivity index (χ0v) is 10.5. The van der Waals surface area contributed by atoms with E-state index in [1.54, 1.807) is 0 Å². The van der Waals surface area contributed by atoms with Crippen molar-refractivity contribution in [1.29, 1.82) is 0 Å². The summed E-state index contributed by atoms with van der Waals surface area (Å²) in [5.74, 6) is 1.53. The fraction of sp³-hybridized carbons (Fsp3) is 1.00. The van der Waals surface area contributed by atoms with Crippen LogP contribution in [-0.2, 0) is 0 Å². The zero-order valence-electron chi connectivity index (χ0n) is 9.51. The van der Waals surface area contributed by atoms with Crippen LogP contribution in [0.5, 0.6) is 0 Å². The SMILES string of the molecule is CCCC[C@@H]1C[C@H]1C(O)[Si](C)(C)C. The maximum absolute atomic E-state index is 10.1. The largest absolute Gasteiger partial charge is 0.396 e. The van der Waals surface area contributed by atoms with Gasteiger partial charge >= 0.3 is 0 Å². The average molecular weight is 200 g/mol. The minimum atomic E-state index is -1.29. The van der Waals surface area contributed by atoms with Crippen LogP contribution >= 0.6 is 0 Å². The minimum Gasteiger partial charge on any atom is -0.396 e. The molecule has 0 radical (unpaired) electrons. The first-order valence-electron chi connectivity index (χ1n) is 5.65. The highest BCUT2D eigenvalue weighted by atomic mass is 28.3. The molecule has 1 aliphatic rings. The van der Waals surface area contributed by atoms with Gasteiger partial charge in [0.15, 0.2) is 0 Å². The van der Waals surface area contributed by atoms with Gasteiger partial charge in [0.25, 0.3) is 0 Å². The Hall–Kier alpha value is 0.177. The summed E-state index contributed by atoms with van der Waals surface area (Å²) in [4.78, 5) is 0. The zero-order chi connectivity index (χ0) is 10.1. The van der Waals surface area contributed by atoms with Crippen molar-refractivity contribution in [2.75, 3.05) is 0 Å². The van der Waals surface area contributed by atoms with Crippen LogP contribution in [0.3, 0.4) is 0 Å². The number of aliphatic hydroxyl groups is 1. The second-order valence-electron chi connectivity index (χ2n) is 5.61. The number of hydrogen-bond acceptors (Lipinski definition) is 1. The summed E-state index contributed by atoms with van der Waals surface area (Å²) in [6, 6.07) is 0. The van der Waals surface area contributed by atoms with Crippen molar-refractivity contribution < 1.29 is 5.11 Å². The van der Waals surface area contributed by atoms with Gasteiger partial charge in [-0.05, 0) is 18.3 Å². The van der Waals surface area contributed by atoms with E-state index in [-0.39, 0.29) is 5.73 Å². The van der Waals surface area contributed by atoms with Crippen molar-refractivity contribution >= 4 is 8.07 Å². The molecule has 1 aliphatic carbocycles. The van der Waals surface area contributed by atoms with Gasteiger partial charge in [0.1, 0.15) is 0 Å². The second kappa shape index (κ2) is 4.14. The lowest BCUT2D eigenvalue weighted by Crippen LogP contribution is -2.40. The monoisotopic (exact) mass is 200 g/mol. The molecule has 1 saturated carbocycles. The van der Waals surface area contributed by atoms with E-state index in [1.165, 1.54) is 25.7 Å². The molecule has 0 aromatic rings. The van der Waals surface area contributed by atoms with E-state index in [0.29, 0.717) is 5.92 Å². The number of aliphatic hydroxyl groups excluding tert-OH is 1. The van der Waals surface area contributed by atoms with E-state index in [2.05, 4.69) is 26.6 Å². The summed E-state index contributed by atoms with van der Waals surface area (Å²) in [5.41, 5.74) is 0.0503. The first-order chi connectivity index (χ1) is 5.96. The van der Waals surface area contributed by atoms with E-state index in [0.717, 1.165) is 5.92 Å². The Bertz CT molecular complexity index is 162. The number of hydrogen-bond donors (Lipinski definition) is 1. The molecule has 2 heteroatoms. The molecule has 1 unspecified atom stereocenters. The third-order valence-electron chi connectivity index (χ3n) is 3.20. The van der Waals surface area contributed by atoms with Gasteiger partial charge in [-0.3, -0.25) is 0 Å². The van der Waals surface area contributed by atoms with Gasteiger partial charge in [-0.15, -0.1) is 0 Å². The Morgan fingerprint density at radius 3 is 2.46 bits per heavy atom. The van der Waals surface area contributed by atoms with Gasteiger partial charge in [0.05, 0.1) is 8.07 Å². The van der Waals surface area contributed by atoms with E-state index < -0.39 is 8.07 Å². The minimum absolute atomic E-state index is 0.0503. The Kier molecular flexibility index (Phi) is 3.58. The summed E-state index contributed by atoms with van der Waals surface area (Å²) in [6.45, 7) is 9.05. The van der Waals surface area contributed by atoms with Crippen LogP contribution in [0.25, 0.3) is 0 Å². The molecule has 0 aliphatic heterocycles. The molecule has 0 aromatic carbocycles. The lowest BCUT2D eigenvalue weighted by molar-refractivity contribution is 0.212. The molecule has 1 N–H and O–H groups in total. The van der Waals surface area contributed by atoms with E-state index >= 15 is 0 Å². The third kappa shape index (κ3) is 3.10. The fourth-order valence-corrected chi connectivity index (χ4v) is 3.79. The van der Waals surface area contributed by atoms with E-state index in [1.807, 2.05) is 0 Å². The standard InChI is InChI=1S/C11H24OSi/c1-5-6-7-9-8-10(9)11(12)13(2,3)4/h9-12H,5-8H2,1-4H3/t9-,10-,11?/m1/s1. The molecule has 0 aromatic heterocycles. The van der Waals surface area contributed by atoms with Crippen LogP contribution in [0.4, 0.5) is 0 Å². The van der Waals surface area contributed by atoms with Crippen molar-refractivity contribution in [2.24, 2.45) is 11.8 Å². The van der Waals surface area contributed by atoms with Crippen LogP contribution in [0, 0.1) is 11.8 Å². The molecule has 0 heterocycles. The lowest BCUT2D eigenvalue weighted by Gasteiger charge is -2.24. The van der Waals surface area contributed by atoms with Crippen molar-refractivity contribution in [2.45, 2.75) is 58.0 Å². The Morgan fingerprint density at radius 2 is 2.00 bits per heavy atom. The topological polar surface area (TPSA) is 20.2 Å². The summed E-state index contributed by atoms with van der Waals surface area (Å²) in [7, 11) is -1.29. The molecule has 0 spiro atoms. The van der Waals surface area contributed by atoms with E-state index in [9.17, 15) is 5.11 Å². The molecule has 78 valence electrons. The molecule has 1 fully saturated rings. The van der Waals surface area contributed by atoms with Crippen LogP contribution in [-0.4, -0.2) is 18.9 Å². The predicted molar refractivity (Wildman–Crippen MR) is 60.5 cm³/mol. The lowest BCUT2D eigenvalue weighted by atomic mass is 10.1. The van der Waals surface area contributed by atoms with Gasteiger partial charge in [0, 0.05) is 5.73 Å². The summed E-state index contributed by atoms with van der Waals surface area (Å²) in [6.07, 6.45) is 5.29. The quantitative estimate of drug-likeness (QED) is 0.676. The van der Waals surface area contributed by atoms with Gasteiger partial charge in [-0.1, -0.05) is 45.8 Å². The molecule has 0 bridgehead atoms. The normalized spacial score (nSPS) is 30.2. The predicted octanol–water partition coefficient (Wildman–Crippen LogP) is 3.05. The highest BCUT2D eigenvalue weighted by Gasteiger charge is 2.46. The third-order valence-corrected chi connectivity index (χ3v) is 5.40. The Balaban J connectivity index is 2.26. The van der Waals surface area contributed by atoms with Crippen molar-refractivity contribution in [3.05, 3.63) is 0 Å². The highest BCUT2D eigenvalue weighted by molar-refractivity contribution is 6.77. The summed E-state index contributed by atoms with van der Waals surface area (Å²) < 4.78 is 0. The maximum atomic E-state index is 10.1. The summed E-state index contributed by atoms with van der Waals surface area (Å²) in [5, 5.41) is 10.1. The van der Waals surface area contributed by atoms with E-state index in [4.69, 9.17) is 0 Å². The molecule has 0 saturated heterocycles. The molecule has 13 heavy (non-hydrogen) atoms. The first-order valence-corrected chi connectivity index (χ1v) is 9.22. The molecular weight excluding hydrogens is 176 g/mol. The Labute approximate surface area is 83.6 Å². The number of rotatable bonds is 5. The van der Waals surface area contributed by atoms with Crippen LogP contribution in [0.15, 0.2) is 0 Å². The van der Waals surface area contributed by atoms with Crippen LogP contribution < -0.4 is 0 Å².